The number of benzene rings is 1. The van der Waals surface area contributed by atoms with Crippen LogP contribution in [0.15, 0.2) is 49.4 Å². The summed E-state index contributed by atoms with van der Waals surface area (Å²) < 4.78 is 5.64. The maximum Gasteiger partial charge on any atom is 0.237 e. The molecule has 4 nitrogen and oxygen atoms in total. The van der Waals surface area contributed by atoms with Crippen molar-refractivity contribution in [2.75, 3.05) is 5.73 Å². The molecule has 1 aromatic carbocycles. The average Bonchev–Trinajstić information content (AvgIpc) is 2.34. The molecule has 86 valence electrons. The number of anilines is 1. The first kappa shape index (κ1) is 11.1. The van der Waals surface area contributed by atoms with Crippen LogP contribution >= 0.6 is 0 Å². The lowest BCUT2D eigenvalue weighted by molar-refractivity contribution is 0.455. The van der Waals surface area contributed by atoms with Crippen molar-refractivity contribution in [3.63, 3.8) is 0 Å². The lowest BCUT2D eigenvalue weighted by Crippen LogP contribution is -1.95. The van der Waals surface area contributed by atoms with Crippen LogP contribution in [0.3, 0.4) is 0 Å². The zero-order valence-electron chi connectivity index (χ0n) is 9.34. The summed E-state index contributed by atoms with van der Waals surface area (Å²) in [7, 11) is 0. The van der Waals surface area contributed by atoms with Crippen LogP contribution in [0, 0.1) is 0 Å². The molecule has 0 saturated heterocycles. The van der Waals surface area contributed by atoms with Crippen LogP contribution in [0.2, 0.25) is 0 Å². The third-order valence-electron chi connectivity index (χ3n) is 2.20. The molecule has 0 aliphatic heterocycles. The van der Waals surface area contributed by atoms with Crippen LogP contribution in [0.4, 0.5) is 5.69 Å². The topological polar surface area (TPSA) is 61.0 Å². The highest BCUT2D eigenvalue weighted by Crippen LogP contribution is 2.26. The number of hydrogen-bond donors (Lipinski definition) is 1. The molecule has 1 aromatic heterocycles. The van der Waals surface area contributed by atoms with Crippen molar-refractivity contribution in [3.05, 3.63) is 55.0 Å². The Bertz CT molecular complexity index is 511. The number of nitrogens with two attached hydrogens (primary N) is 1. The van der Waals surface area contributed by atoms with Gasteiger partial charge in [-0.2, -0.15) is 0 Å². The molecule has 1 heterocycles. The Morgan fingerprint density at radius 1 is 1.35 bits per heavy atom. The van der Waals surface area contributed by atoms with Gasteiger partial charge in [-0.25, -0.2) is 4.98 Å². The zero-order valence-corrected chi connectivity index (χ0v) is 9.34. The number of rotatable bonds is 4. The quantitative estimate of drug-likeness (QED) is 0.644. The van der Waals surface area contributed by atoms with E-state index in [1.54, 1.807) is 30.7 Å². The molecule has 0 aliphatic carbocycles. The van der Waals surface area contributed by atoms with Crippen molar-refractivity contribution in [1.82, 2.24) is 9.97 Å². The standard InChI is InChI=1S/C13H13N3O/c1-2-3-10-8-11(14)4-5-12(10)17-13-9-15-6-7-16-13/h2,4-9H,1,3,14H2. The maximum absolute atomic E-state index is 5.73. The molecule has 0 aliphatic rings. The van der Waals surface area contributed by atoms with E-state index < -0.39 is 0 Å². The van der Waals surface area contributed by atoms with E-state index in [-0.39, 0.29) is 0 Å². The molecular formula is C13H13N3O. The van der Waals surface area contributed by atoms with Gasteiger partial charge in [0.05, 0.1) is 6.20 Å². The lowest BCUT2D eigenvalue weighted by Gasteiger charge is -2.09. The van der Waals surface area contributed by atoms with E-state index in [0.29, 0.717) is 18.0 Å². The molecular weight excluding hydrogens is 214 g/mol. The van der Waals surface area contributed by atoms with Gasteiger partial charge in [-0.1, -0.05) is 6.08 Å². The molecule has 0 atom stereocenters. The van der Waals surface area contributed by atoms with Gasteiger partial charge in [-0.3, -0.25) is 4.98 Å². The zero-order chi connectivity index (χ0) is 12.1. The number of hydrogen-bond acceptors (Lipinski definition) is 4. The van der Waals surface area contributed by atoms with E-state index >= 15 is 0 Å². The monoisotopic (exact) mass is 227 g/mol. The van der Waals surface area contributed by atoms with Crippen molar-refractivity contribution in [3.8, 4) is 11.6 Å². The van der Waals surface area contributed by atoms with Gasteiger partial charge in [0.2, 0.25) is 5.88 Å². The number of aromatic nitrogens is 2. The molecule has 0 spiro atoms. The van der Waals surface area contributed by atoms with Crippen molar-refractivity contribution in [2.45, 2.75) is 6.42 Å². The Morgan fingerprint density at radius 3 is 2.94 bits per heavy atom. The van der Waals surface area contributed by atoms with Gasteiger partial charge in [0.15, 0.2) is 0 Å². The first-order valence-electron chi connectivity index (χ1n) is 5.23. The molecule has 0 bridgehead atoms. The normalized spacial score (nSPS) is 9.88. The molecule has 0 amide bonds. The fraction of sp³-hybridized carbons (Fsp3) is 0.0769. The van der Waals surface area contributed by atoms with Gasteiger partial charge in [0.1, 0.15) is 5.75 Å². The Balaban J connectivity index is 2.29. The van der Waals surface area contributed by atoms with Crippen LogP contribution in [0.5, 0.6) is 11.6 Å². The first-order chi connectivity index (χ1) is 8.29. The Hall–Kier alpha value is -2.36. The molecule has 2 N–H and O–H groups in total. The summed E-state index contributed by atoms with van der Waals surface area (Å²) in [6.45, 7) is 3.71. The van der Waals surface area contributed by atoms with Crippen LogP contribution in [0.1, 0.15) is 5.56 Å². The van der Waals surface area contributed by atoms with E-state index in [1.807, 2.05) is 12.1 Å². The van der Waals surface area contributed by atoms with Gasteiger partial charge in [-0.05, 0) is 24.6 Å². The van der Waals surface area contributed by atoms with Crippen LogP contribution < -0.4 is 10.5 Å². The second-order valence-electron chi connectivity index (χ2n) is 3.51. The van der Waals surface area contributed by atoms with Gasteiger partial charge < -0.3 is 10.5 Å². The smallest absolute Gasteiger partial charge is 0.237 e. The van der Waals surface area contributed by atoms with Crippen molar-refractivity contribution in [2.24, 2.45) is 0 Å². The minimum atomic E-state index is 0.461. The van der Waals surface area contributed by atoms with Crippen LogP contribution in [-0.4, -0.2) is 9.97 Å². The van der Waals surface area contributed by atoms with Crippen molar-refractivity contribution < 1.29 is 4.74 Å². The van der Waals surface area contributed by atoms with Gasteiger partial charge in [0, 0.05) is 23.6 Å². The van der Waals surface area contributed by atoms with E-state index in [9.17, 15) is 0 Å². The average molecular weight is 227 g/mol. The summed E-state index contributed by atoms with van der Waals surface area (Å²) in [5.74, 6) is 1.18. The van der Waals surface area contributed by atoms with Crippen LogP contribution in [0.25, 0.3) is 0 Å². The largest absolute Gasteiger partial charge is 0.437 e. The van der Waals surface area contributed by atoms with Crippen molar-refractivity contribution in [1.29, 1.82) is 0 Å². The van der Waals surface area contributed by atoms with Crippen molar-refractivity contribution >= 4 is 5.69 Å². The molecule has 0 unspecified atom stereocenters. The Labute approximate surface area is 99.8 Å². The van der Waals surface area contributed by atoms with E-state index in [0.717, 1.165) is 11.3 Å². The SMILES string of the molecule is C=CCc1cc(N)ccc1Oc1cnccn1. The summed E-state index contributed by atoms with van der Waals surface area (Å²) >= 11 is 0. The Morgan fingerprint density at radius 2 is 2.24 bits per heavy atom. The maximum atomic E-state index is 5.73. The van der Waals surface area contributed by atoms with Gasteiger partial charge >= 0.3 is 0 Å². The minimum Gasteiger partial charge on any atom is -0.437 e. The first-order valence-corrected chi connectivity index (χ1v) is 5.23. The number of nitrogen functional groups attached to an aromatic ring is 1. The fourth-order valence-corrected chi connectivity index (χ4v) is 1.46. The van der Waals surface area contributed by atoms with Gasteiger partial charge in [0.25, 0.3) is 0 Å². The van der Waals surface area contributed by atoms with Gasteiger partial charge in [-0.15, -0.1) is 6.58 Å². The second-order valence-corrected chi connectivity index (χ2v) is 3.51. The van der Waals surface area contributed by atoms with E-state index in [1.165, 1.54) is 0 Å². The lowest BCUT2D eigenvalue weighted by atomic mass is 10.1. The minimum absolute atomic E-state index is 0.461. The third-order valence-corrected chi connectivity index (χ3v) is 2.20. The molecule has 17 heavy (non-hydrogen) atoms. The summed E-state index contributed by atoms with van der Waals surface area (Å²) in [4.78, 5) is 8.00. The molecule has 0 fully saturated rings. The Kier molecular flexibility index (Phi) is 3.35. The predicted octanol–water partition coefficient (Wildman–Crippen LogP) is 2.58. The van der Waals surface area contributed by atoms with E-state index in [2.05, 4.69) is 16.5 Å². The summed E-state index contributed by atoms with van der Waals surface area (Å²) in [6.07, 6.45) is 7.24. The molecule has 0 radical (unpaired) electrons. The molecule has 2 aromatic rings. The number of ether oxygens (including phenoxy) is 1. The summed E-state index contributed by atoms with van der Waals surface area (Å²) in [6, 6.07) is 5.48. The summed E-state index contributed by atoms with van der Waals surface area (Å²) in [5.41, 5.74) is 7.41. The predicted molar refractivity (Wildman–Crippen MR) is 66.9 cm³/mol. The third kappa shape index (κ3) is 2.81. The highest BCUT2D eigenvalue weighted by Gasteiger charge is 2.05. The highest BCUT2D eigenvalue weighted by molar-refractivity contribution is 5.49. The van der Waals surface area contributed by atoms with E-state index in [4.69, 9.17) is 10.5 Å². The molecule has 0 saturated carbocycles. The second kappa shape index (κ2) is 5.12. The number of nitrogens with zero attached hydrogens (tertiary/aromatic N) is 2. The molecule has 4 heteroatoms. The summed E-state index contributed by atoms with van der Waals surface area (Å²) in [5, 5.41) is 0. The van der Waals surface area contributed by atoms with Crippen LogP contribution in [-0.2, 0) is 6.42 Å². The number of allylic oxidation sites excluding steroid dienone is 1. The fourth-order valence-electron chi connectivity index (χ4n) is 1.46. The highest BCUT2D eigenvalue weighted by atomic mass is 16.5. The molecule has 2 rings (SSSR count).